The molecule has 0 radical (unpaired) electrons. The summed E-state index contributed by atoms with van der Waals surface area (Å²) in [5.41, 5.74) is 2.02. The van der Waals surface area contributed by atoms with Gasteiger partial charge in [-0.2, -0.15) is 5.26 Å². The Morgan fingerprint density at radius 3 is 2.08 bits per heavy atom. The number of benzene rings is 3. The van der Waals surface area contributed by atoms with Crippen LogP contribution in [-0.4, -0.2) is 48.7 Å². The average molecular weight is 542 g/mol. The van der Waals surface area contributed by atoms with Crippen LogP contribution in [0.2, 0.25) is 0 Å². The van der Waals surface area contributed by atoms with Crippen LogP contribution in [0.4, 0.5) is 0 Å². The number of esters is 2. The number of hydrogen-bond acceptors (Lipinski definition) is 8. The fourth-order valence-corrected chi connectivity index (χ4v) is 4.64. The summed E-state index contributed by atoms with van der Waals surface area (Å²) in [6.07, 6.45) is -2.74. The van der Waals surface area contributed by atoms with Crippen molar-refractivity contribution in [2.45, 2.75) is 51.3 Å². The summed E-state index contributed by atoms with van der Waals surface area (Å²) in [6.45, 7) is 5.25. The third-order valence-corrected chi connectivity index (χ3v) is 6.99. The van der Waals surface area contributed by atoms with Crippen molar-refractivity contribution >= 4 is 18.2 Å². The molecule has 3 aromatic carbocycles. The Kier molecular flexibility index (Phi) is 9.10. The quantitative estimate of drug-likeness (QED) is 0.267. The van der Waals surface area contributed by atoms with Gasteiger partial charge in [0.15, 0.2) is 6.10 Å². The Bertz CT molecular complexity index is 1370. The Morgan fingerprint density at radius 1 is 0.950 bits per heavy atom. The molecular formula is C32H31NO7. The SMILES string of the molecule is Cc1ccc(C(=O)OCC2O[C@@H](C(C#N)C=O)[C@](C)(OCc3ccccc3)[C@@H]2OC(=O)c2ccc(C)cc2)cc1. The molecule has 1 heterocycles. The normalized spacial score (nSPS) is 22.6. The van der Waals surface area contributed by atoms with Gasteiger partial charge in [0.1, 0.15) is 36.6 Å². The van der Waals surface area contributed by atoms with Gasteiger partial charge in [0.05, 0.1) is 23.8 Å². The van der Waals surface area contributed by atoms with Crippen molar-refractivity contribution < 1.29 is 33.3 Å². The topological polar surface area (TPSA) is 112 Å². The molecule has 0 aliphatic carbocycles. The summed E-state index contributed by atoms with van der Waals surface area (Å²) in [4.78, 5) is 37.9. The maximum absolute atomic E-state index is 13.3. The number of carbonyl (C=O) groups excluding carboxylic acids is 3. The second-order valence-electron chi connectivity index (χ2n) is 10.0. The molecule has 5 atom stereocenters. The lowest BCUT2D eigenvalue weighted by Crippen LogP contribution is -2.52. The Balaban J connectivity index is 1.64. The van der Waals surface area contributed by atoms with Gasteiger partial charge < -0.3 is 23.7 Å². The van der Waals surface area contributed by atoms with Crippen LogP contribution in [-0.2, 0) is 30.3 Å². The van der Waals surface area contributed by atoms with Crippen LogP contribution in [0.25, 0.3) is 0 Å². The number of nitriles is 1. The predicted molar refractivity (Wildman–Crippen MR) is 145 cm³/mol. The van der Waals surface area contributed by atoms with E-state index in [9.17, 15) is 19.6 Å². The number of aldehydes is 1. The monoisotopic (exact) mass is 541 g/mol. The van der Waals surface area contributed by atoms with Gasteiger partial charge in [0.25, 0.3) is 0 Å². The van der Waals surface area contributed by atoms with Crippen molar-refractivity contribution in [3.8, 4) is 6.07 Å². The van der Waals surface area contributed by atoms with Gasteiger partial charge in [-0.1, -0.05) is 65.7 Å². The van der Waals surface area contributed by atoms with E-state index in [1.807, 2.05) is 50.2 Å². The Morgan fingerprint density at radius 2 is 1.52 bits per heavy atom. The highest BCUT2D eigenvalue weighted by atomic mass is 16.6. The van der Waals surface area contributed by atoms with Crippen LogP contribution in [0, 0.1) is 31.1 Å². The summed E-state index contributed by atoms with van der Waals surface area (Å²) >= 11 is 0. The molecule has 0 spiro atoms. The molecule has 1 aliphatic rings. The lowest BCUT2D eigenvalue weighted by Gasteiger charge is -2.35. The molecule has 40 heavy (non-hydrogen) atoms. The van der Waals surface area contributed by atoms with E-state index in [0.717, 1.165) is 16.7 Å². The van der Waals surface area contributed by atoms with Gasteiger partial charge in [0.2, 0.25) is 0 Å². The molecule has 3 aromatic rings. The Hall–Kier alpha value is -4.32. The molecule has 0 N–H and O–H groups in total. The van der Waals surface area contributed by atoms with Gasteiger partial charge in [-0.25, -0.2) is 9.59 Å². The van der Waals surface area contributed by atoms with E-state index in [0.29, 0.717) is 17.4 Å². The fraction of sp³-hybridized carbons (Fsp3) is 0.312. The van der Waals surface area contributed by atoms with E-state index >= 15 is 0 Å². The molecule has 8 nitrogen and oxygen atoms in total. The zero-order valence-corrected chi connectivity index (χ0v) is 22.6. The average Bonchev–Trinajstić information content (AvgIpc) is 3.23. The number of nitrogens with zero attached hydrogens (tertiary/aromatic N) is 1. The van der Waals surface area contributed by atoms with E-state index in [4.69, 9.17) is 18.9 Å². The first kappa shape index (κ1) is 28.7. The standard InChI is InChI=1S/C32H31NO7/c1-21-9-13-24(14-10-21)30(35)37-20-27-29(40-31(36)25-15-11-22(2)12-16-25)32(3,28(39-27)26(17-33)18-34)38-19-23-7-5-4-6-8-23/h4-16,18,26-29H,19-20H2,1-3H3/t26?,27?,28-,29+,32-/m0/s1. The summed E-state index contributed by atoms with van der Waals surface area (Å²) in [5, 5.41) is 9.74. The molecule has 4 rings (SSSR count). The van der Waals surface area contributed by atoms with Gasteiger partial charge in [-0.3, -0.25) is 0 Å². The molecular weight excluding hydrogens is 510 g/mol. The molecule has 0 aromatic heterocycles. The van der Waals surface area contributed by atoms with E-state index in [1.54, 1.807) is 55.5 Å². The third-order valence-electron chi connectivity index (χ3n) is 6.99. The minimum Gasteiger partial charge on any atom is -0.459 e. The number of rotatable bonds is 10. The molecule has 0 saturated carbocycles. The summed E-state index contributed by atoms with van der Waals surface area (Å²) in [6, 6.07) is 25.0. The number of ether oxygens (including phenoxy) is 4. The number of carbonyl (C=O) groups is 3. The van der Waals surface area contributed by atoms with Gasteiger partial charge in [-0.15, -0.1) is 0 Å². The zero-order chi connectivity index (χ0) is 28.7. The van der Waals surface area contributed by atoms with Gasteiger partial charge >= 0.3 is 11.9 Å². The summed E-state index contributed by atoms with van der Waals surface area (Å²) in [7, 11) is 0. The lowest BCUT2D eigenvalue weighted by atomic mass is 9.85. The maximum atomic E-state index is 13.3. The highest BCUT2D eigenvalue weighted by molar-refractivity contribution is 5.90. The van der Waals surface area contributed by atoms with Gasteiger partial charge in [0, 0.05) is 0 Å². The largest absolute Gasteiger partial charge is 0.459 e. The van der Waals surface area contributed by atoms with Gasteiger partial charge in [-0.05, 0) is 50.6 Å². The molecule has 1 fully saturated rings. The van der Waals surface area contributed by atoms with Crippen molar-refractivity contribution in [3.63, 3.8) is 0 Å². The highest BCUT2D eigenvalue weighted by Gasteiger charge is 2.60. The smallest absolute Gasteiger partial charge is 0.338 e. The van der Waals surface area contributed by atoms with Crippen molar-refractivity contribution in [1.82, 2.24) is 0 Å². The van der Waals surface area contributed by atoms with Crippen LogP contribution < -0.4 is 0 Å². The molecule has 1 saturated heterocycles. The van der Waals surface area contributed by atoms with Crippen molar-refractivity contribution in [3.05, 3.63) is 107 Å². The minimum absolute atomic E-state index is 0.0999. The second-order valence-corrected chi connectivity index (χ2v) is 10.0. The van der Waals surface area contributed by atoms with Crippen LogP contribution >= 0.6 is 0 Å². The first-order valence-corrected chi connectivity index (χ1v) is 12.9. The molecule has 0 bridgehead atoms. The van der Waals surface area contributed by atoms with Crippen LogP contribution in [0.5, 0.6) is 0 Å². The molecule has 1 aliphatic heterocycles. The van der Waals surface area contributed by atoms with Crippen molar-refractivity contribution in [2.75, 3.05) is 6.61 Å². The lowest BCUT2D eigenvalue weighted by molar-refractivity contribution is -0.140. The highest BCUT2D eigenvalue weighted by Crippen LogP contribution is 2.41. The third kappa shape index (κ3) is 6.45. The van der Waals surface area contributed by atoms with E-state index in [2.05, 4.69) is 0 Å². The molecule has 8 heteroatoms. The fourth-order valence-electron chi connectivity index (χ4n) is 4.64. The Labute approximate surface area is 233 Å². The maximum Gasteiger partial charge on any atom is 0.338 e. The predicted octanol–water partition coefficient (Wildman–Crippen LogP) is 4.77. The number of hydrogen-bond donors (Lipinski definition) is 0. The zero-order valence-electron chi connectivity index (χ0n) is 22.6. The molecule has 206 valence electrons. The van der Waals surface area contributed by atoms with Crippen molar-refractivity contribution in [1.29, 1.82) is 5.26 Å². The van der Waals surface area contributed by atoms with E-state index in [-0.39, 0.29) is 13.2 Å². The minimum atomic E-state index is -1.43. The second kappa shape index (κ2) is 12.7. The van der Waals surface area contributed by atoms with E-state index < -0.39 is 41.8 Å². The van der Waals surface area contributed by atoms with Crippen LogP contribution in [0.1, 0.15) is 44.3 Å². The van der Waals surface area contributed by atoms with Crippen LogP contribution in [0.3, 0.4) is 0 Å². The molecule has 0 amide bonds. The van der Waals surface area contributed by atoms with Crippen molar-refractivity contribution in [2.24, 2.45) is 5.92 Å². The van der Waals surface area contributed by atoms with E-state index in [1.165, 1.54) is 0 Å². The summed E-state index contributed by atoms with van der Waals surface area (Å²) < 4.78 is 24.0. The van der Waals surface area contributed by atoms with Crippen LogP contribution in [0.15, 0.2) is 78.9 Å². The molecule has 2 unspecified atom stereocenters. The first-order chi connectivity index (χ1) is 19.2. The first-order valence-electron chi connectivity index (χ1n) is 12.9. The summed E-state index contributed by atoms with van der Waals surface area (Å²) in [5.74, 6) is -2.45. The number of aryl methyl sites for hydroxylation is 2.